The highest BCUT2D eigenvalue weighted by atomic mass is 32.2. The average Bonchev–Trinajstić information content (AvgIpc) is 2.32. The molecule has 0 bridgehead atoms. The Labute approximate surface area is 123 Å². The lowest BCUT2D eigenvalue weighted by Crippen LogP contribution is -2.67. The van der Waals surface area contributed by atoms with Crippen LogP contribution in [-0.4, -0.2) is 51.1 Å². The van der Waals surface area contributed by atoms with Crippen LogP contribution in [-0.2, 0) is 20.4 Å². The molecule has 4 atom stereocenters. The van der Waals surface area contributed by atoms with Gasteiger partial charge in [-0.25, -0.2) is 0 Å². The summed E-state index contributed by atoms with van der Waals surface area (Å²) in [4.78, 5) is 26.5. The molecule has 1 aliphatic rings. The molecule has 6 heteroatoms. The number of amides is 2. The third-order valence-electron chi connectivity index (χ3n) is 3.77. The van der Waals surface area contributed by atoms with Crippen LogP contribution >= 0.6 is 0 Å². The first-order valence-corrected chi connectivity index (χ1v) is 8.72. The minimum Gasteiger partial charge on any atom is -0.342 e. The number of carbonyl (C=O) groups excluding carboxylic acids is 2. The molecule has 0 aromatic rings. The summed E-state index contributed by atoms with van der Waals surface area (Å²) in [7, 11) is -1.01. The van der Waals surface area contributed by atoms with E-state index in [9.17, 15) is 13.8 Å². The first kappa shape index (κ1) is 17.1. The van der Waals surface area contributed by atoms with E-state index in [1.54, 1.807) is 11.2 Å². The predicted octanol–water partition coefficient (Wildman–Crippen LogP) is 0.761. The zero-order chi connectivity index (χ0) is 15.6. The van der Waals surface area contributed by atoms with Crippen molar-refractivity contribution in [2.45, 2.75) is 52.0 Å². The predicted molar refractivity (Wildman–Crippen MR) is 80.6 cm³/mol. The van der Waals surface area contributed by atoms with Crippen LogP contribution in [0.2, 0.25) is 0 Å². The number of nitrogens with one attached hydrogen (secondary N) is 1. The van der Waals surface area contributed by atoms with Crippen LogP contribution in [0.25, 0.3) is 0 Å². The van der Waals surface area contributed by atoms with E-state index in [1.807, 2.05) is 34.6 Å². The smallest absolute Gasteiger partial charge is 0.246 e. The number of hydrogen-bond donors (Lipinski definition) is 1. The Bertz CT molecular complexity index is 409. The molecule has 1 N–H and O–H groups in total. The Morgan fingerprint density at radius 3 is 2.10 bits per heavy atom. The first-order chi connectivity index (χ1) is 9.16. The lowest BCUT2D eigenvalue weighted by molar-refractivity contribution is -0.152. The van der Waals surface area contributed by atoms with Crippen molar-refractivity contribution in [3.05, 3.63) is 0 Å². The molecule has 20 heavy (non-hydrogen) atoms. The van der Waals surface area contributed by atoms with Gasteiger partial charge in [0.1, 0.15) is 12.1 Å². The normalized spacial score (nSPS) is 26.9. The lowest BCUT2D eigenvalue weighted by atomic mass is 9.93. The third kappa shape index (κ3) is 3.59. The highest BCUT2D eigenvalue weighted by molar-refractivity contribution is 7.84. The van der Waals surface area contributed by atoms with Gasteiger partial charge in [-0.15, -0.1) is 0 Å². The Morgan fingerprint density at radius 2 is 1.70 bits per heavy atom. The van der Waals surface area contributed by atoms with E-state index in [1.165, 1.54) is 0 Å². The highest BCUT2D eigenvalue weighted by Crippen LogP contribution is 2.21. The first-order valence-electron chi connectivity index (χ1n) is 7.09. The standard InChI is InChI=1S/C14H26N2O3S/c1-8(2)11-14(18)16(7-10(5)20(6)19)12(9(3)4)13(17)15-11/h8-12H,7H2,1-6H3,(H,15,17). The molecular weight excluding hydrogens is 276 g/mol. The Balaban J connectivity index is 3.04. The maximum absolute atomic E-state index is 12.6. The van der Waals surface area contributed by atoms with Gasteiger partial charge in [-0.05, 0) is 18.8 Å². The molecule has 1 saturated heterocycles. The molecule has 5 nitrogen and oxygen atoms in total. The average molecular weight is 302 g/mol. The van der Waals surface area contributed by atoms with Crippen LogP contribution in [0.4, 0.5) is 0 Å². The molecule has 0 spiro atoms. The van der Waals surface area contributed by atoms with Gasteiger partial charge < -0.3 is 10.2 Å². The monoisotopic (exact) mass is 302 g/mol. The quantitative estimate of drug-likeness (QED) is 0.815. The zero-order valence-corrected chi connectivity index (χ0v) is 14.0. The maximum Gasteiger partial charge on any atom is 0.246 e. The number of rotatable bonds is 5. The Hall–Kier alpha value is -0.910. The molecule has 116 valence electrons. The number of carbonyl (C=O) groups is 2. The van der Waals surface area contributed by atoms with Crippen molar-refractivity contribution in [3.8, 4) is 0 Å². The summed E-state index contributed by atoms with van der Waals surface area (Å²) in [5, 5.41) is 2.68. The van der Waals surface area contributed by atoms with Crippen molar-refractivity contribution in [1.29, 1.82) is 0 Å². The van der Waals surface area contributed by atoms with Gasteiger partial charge >= 0.3 is 0 Å². The van der Waals surface area contributed by atoms with Crippen molar-refractivity contribution in [2.75, 3.05) is 12.8 Å². The fourth-order valence-corrected chi connectivity index (χ4v) is 2.83. The SMILES string of the molecule is CC(C)C1NC(=O)C(C(C)C)N(CC(C)S(C)=O)C1=O. The molecule has 0 aliphatic carbocycles. The fourth-order valence-electron chi connectivity index (χ4n) is 2.46. The molecule has 2 amide bonds. The summed E-state index contributed by atoms with van der Waals surface area (Å²) in [6.07, 6.45) is 1.63. The van der Waals surface area contributed by atoms with Crippen LogP contribution in [0, 0.1) is 11.8 Å². The maximum atomic E-state index is 12.6. The molecule has 4 unspecified atom stereocenters. The van der Waals surface area contributed by atoms with Gasteiger partial charge in [0.15, 0.2) is 0 Å². The Morgan fingerprint density at radius 1 is 1.15 bits per heavy atom. The lowest BCUT2D eigenvalue weighted by Gasteiger charge is -2.42. The summed E-state index contributed by atoms with van der Waals surface area (Å²) in [6.45, 7) is 9.89. The van der Waals surface area contributed by atoms with Crippen LogP contribution in [0.3, 0.4) is 0 Å². The van der Waals surface area contributed by atoms with Gasteiger partial charge in [0.2, 0.25) is 11.8 Å². The molecule has 1 fully saturated rings. The van der Waals surface area contributed by atoms with E-state index in [4.69, 9.17) is 0 Å². The van der Waals surface area contributed by atoms with E-state index in [0.29, 0.717) is 6.54 Å². The Kier molecular flexibility index (Phi) is 5.74. The van der Waals surface area contributed by atoms with E-state index in [-0.39, 0.29) is 28.9 Å². The minimum atomic E-state index is -1.01. The highest BCUT2D eigenvalue weighted by Gasteiger charge is 2.43. The molecule has 1 aliphatic heterocycles. The van der Waals surface area contributed by atoms with Gasteiger partial charge in [-0.2, -0.15) is 0 Å². The molecule has 0 saturated carbocycles. The van der Waals surface area contributed by atoms with Crippen LogP contribution < -0.4 is 5.32 Å². The van der Waals surface area contributed by atoms with Gasteiger partial charge in [-0.3, -0.25) is 13.8 Å². The summed E-state index contributed by atoms with van der Waals surface area (Å²) in [5.74, 6) is -0.0861. The minimum absolute atomic E-state index is 0.0320. The summed E-state index contributed by atoms with van der Waals surface area (Å²) >= 11 is 0. The molecule has 0 aromatic carbocycles. The van der Waals surface area contributed by atoms with E-state index in [0.717, 1.165) is 0 Å². The van der Waals surface area contributed by atoms with Crippen molar-refractivity contribution >= 4 is 22.6 Å². The second kappa shape index (κ2) is 6.70. The van der Waals surface area contributed by atoms with Crippen LogP contribution in [0.1, 0.15) is 34.6 Å². The van der Waals surface area contributed by atoms with E-state index < -0.39 is 22.9 Å². The second-order valence-electron chi connectivity index (χ2n) is 6.22. The zero-order valence-electron chi connectivity index (χ0n) is 13.2. The number of piperazine rings is 1. The number of hydrogen-bond acceptors (Lipinski definition) is 3. The van der Waals surface area contributed by atoms with Gasteiger partial charge in [0.25, 0.3) is 0 Å². The van der Waals surface area contributed by atoms with Gasteiger partial charge in [0.05, 0.1) is 0 Å². The third-order valence-corrected chi connectivity index (χ3v) is 5.05. The molecule has 1 heterocycles. The molecule has 1 rings (SSSR count). The van der Waals surface area contributed by atoms with Crippen molar-refractivity contribution in [3.63, 3.8) is 0 Å². The molecular formula is C14H26N2O3S. The summed E-state index contributed by atoms with van der Waals surface area (Å²) in [6, 6.07) is -0.946. The van der Waals surface area contributed by atoms with Crippen molar-refractivity contribution in [1.82, 2.24) is 10.2 Å². The second-order valence-corrected chi connectivity index (χ2v) is 8.02. The number of nitrogens with zero attached hydrogens (tertiary/aromatic N) is 1. The molecule has 0 radical (unpaired) electrons. The van der Waals surface area contributed by atoms with E-state index in [2.05, 4.69) is 5.32 Å². The van der Waals surface area contributed by atoms with E-state index >= 15 is 0 Å². The van der Waals surface area contributed by atoms with Gasteiger partial charge in [0, 0.05) is 28.9 Å². The fraction of sp³-hybridized carbons (Fsp3) is 0.857. The van der Waals surface area contributed by atoms with Crippen molar-refractivity contribution < 1.29 is 13.8 Å². The van der Waals surface area contributed by atoms with Gasteiger partial charge in [-0.1, -0.05) is 27.7 Å². The topological polar surface area (TPSA) is 66.5 Å². The van der Waals surface area contributed by atoms with Crippen LogP contribution in [0.5, 0.6) is 0 Å². The summed E-state index contributed by atoms with van der Waals surface area (Å²) < 4.78 is 11.6. The van der Waals surface area contributed by atoms with Crippen LogP contribution in [0.15, 0.2) is 0 Å². The van der Waals surface area contributed by atoms with Crippen molar-refractivity contribution in [2.24, 2.45) is 11.8 Å². The largest absolute Gasteiger partial charge is 0.342 e. The summed E-state index contributed by atoms with van der Waals surface area (Å²) in [5.41, 5.74) is 0. The molecule has 0 aromatic heterocycles.